The molecule has 2 aliphatic heterocycles. The molecular weight excluding hydrogens is 447 g/mol. The fourth-order valence-electron chi connectivity index (χ4n) is 4.43. The molecule has 0 radical (unpaired) electrons. The van der Waals surface area contributed by atoms with E-state index >= 15 is 0 Å². The van der Waals surface area contributed by atoms with E-state index in [2.05, 4.69) is 5.32 Å². The second kappa shape index (κ2) is 7.73. The number of rotatable bonds is 3. The van der Waals surface area contributed by atoms with E-state index in [1.165, 1.54) is 6.07 Å². The van der Waals surface area contributed by atoms with Gasteiger partial charge in [0.15, 0.2) is 5.82 Å². The van der Waals surface area contributed by atoms with Gasteiger partial charge in [0.05, 0.1) is 41.0 Å². The maximum atomic E-state index is 14.3. The third-order valence-corrected chi connectivity index (χ3v) is 5.79. The summed E-state index contributed by atoms with van der Waals surface area (Å²) in [5.74, 6) is -4.72. The number of carbonyl (C=O) groups excluding carboxylic acids is 1. The molecule has 4 rings (SSSR count). The molecule has 2 aliphatic rings. The van der Waals surface area contributed by atoms with Crippen molar-refractivity contribution in [3.63, 3.8) is 0 Å². The number of halogens is 7. The summed E-state index contributed by atoms with van der Waals surface area (Å²) < 4.78 is 98.2. The number of carbonyl (C=O) groups is 1. The number of aliphatic hydroxyl groups excluding tert-OH is 1. The van der Waals surface area contributed by atoms with Crippen molar-refractivity contribution in [3.8, 4) is 0 Å². The van der Waals surface area contributed by atoms with Gasteiger partial charge in [-0.05, 0) is 23.8 Å². The Morgan fingerprint density at radius 1 is 1.03 bits per heavy atom. The summed E-state index contributed by atoms with van der Waals surface area (Å²) >= 11 is 0. The maximum Gasteiger partial charge on any atom is 0.419 e. The second-order valence-corrected chi connectivity index (χ2v) is 7.77. The lowest BCUT2D eigenvalue weighted by Gasteiger charge is -2.30. The van der Waals surface area contributed by atoms with Gasteiger partial charge in [0.2, 0.25) is 5.91 Å². The van der Waals surface area contributed by atoms with E-state index in [1.807, 2.05) is 0 Å². The van der Waals surface area contributed by atoms with Crippen LogP contribution < -0.4 is 5.32 Å². The zero-order chi connectivity index (χ0) is 23.4. The first-order chi connectivity index (χ1) is 14.9. The summed E-state index contributed by atoms with van der Waals surface area (Å²) in [5.41, 5.74) is -3.16. The molecule has 2 heterocycles. The molecule has 0 aromatic heterocycles. The van der Waals surface area contributed by atoms with Crippen LogP contribution in [0.15, 0.2) is 42.5 Å². The van der Waals surface area contributed by atoms with Crippen LogP contribution in [-0.2, 0) is 21.9 Å². The van der Waals surface area contributed by atoms with Gasteiger partial charge in [0.1, 0.15) is 0 Å². The summed E-state index contributed by atoms with van der Waals surface area (Å²) in [5, 5.41) is 12.3. The van der Waals surface area contributed by atoms with Gasteiger partial charge >= 0.3 is 12.4 Å². The van der Waals surface area contributed by atoms with Crippen LogP contribution in [0.2, 0.25) is 0 Å². The van der Waals surface area contributed by atoms with Crippen LogP contribution in [0, 0.1) is 11.7 Å². The van der Waals surface area contributed by atoms with E-state index in [0.717, 1.165) is 30.3 Å². The predicted molar refractivity (Wildman–Crippen MR) is 97.0 cm³/mol. The summed E-state index contributed by atoms with van der Waals surface area (Å²) in [6.07, 6.45) is -12.5. The minimum atomic E-state index is -4.98. The number of hydrogen-bond acceptors (Lipinski definition) is 3. The summed E-state index contributed by atoms with van der Waals surface area (Å²) in [4.78, 5) is 12.9. The monoisotopic (exact) mass is 463 g/mol. The number of fused-ring (bicyclic) bond motifs is 2. The molecular formula is C21H16F7NO3. The van der Waals surface area contributed by atoms with Crippen molar-refractivity contribution in [2.75, 3.05) is 5.32 Å². The van der Waals surface area contributed by atoms with Crippen molar-refractivity contribution >= 4 is 11.6 Å². The number of ether oxygens (including phenoxy) is 1. The van der Waals surface area contributed by atoms with E-state index in [1.54, 1.807) is 0 Å². The highest BCUT2D eigenvalue weighted by Crippen LogP contribution is 2.50. The van der Waals surface area contributed by atoms with Gasteiger partial charge < -0.3 is 15.2 Å². The van der Waals surface area contributed by atoms with Gasteiger partial charge in [-0.1, -0.05) is 24.3 Å². The summed E-state index contributed by atoms with van der Waals surface area (Å²) in [6, 6.07) is 6.58. The Hall–Kier alpha value is -2.66. The smallest absolute Gasteiger partial charge is 0.390 e. The molecule has 1 amide bonds. The number of aliphatic hydroxyl groups is 1. The number of alkyl halides is 6. The summed E-state index contributed by atoms with van der Waals surface area (Å²) in [7, 11) is 0. The number of hydrogen-bond donors (Lipinski definition) is 2. The zero-order valence-corrected chi connectivity index (χ0v) is 16.0. The van der Waals surface area contributed by atoms with Gasteiger partial charge in [-0.2, -0.15) is 26.3 Å². The Balaban J connectivity index is 1.66. The molecule has 2 aromatic rings. The van der Waals surface area contributed by atoms with E-state index < -0.39 is 71.0 Å². The average molecular weight is 463 g/mol. The molecule has 0 saturated carbocycles. The van der Waals surface area contributed by atoms with Crippen LogP contribution in [0.5, 0.6) is 0 Å². The SMILES string of the molecule is O=C(Nc1cccc(C(F)(F)F)c1F)[C@@H]1[C@@H](c2cccc(C(F)(F)F)c2)[C@H]2O[C@@H]1C[C@@H]2O. The van der Waals surface area contributed by atoms with Crippen molar-refractivity contribution in [1.29, 1.82) is 0 Å². The highest BCUT2D eigenvalue weighted by Gasteiger charge is 2.57. The van der Waals surface area contributed by atoms with Crippen LogP contribution in [0.4, 0.5) is 36.4 Å². The van der Waals surface area contributed by atoms with Gasteiger partial charge in [0.25, 0.3) is 0 Å². The topological polar surface area (TPSA) is 58.6 Å². The normalized spacial score (nSPS) is 27.6. The van der Waals surface area contributed by atoms with Crippen molar-refractivity contribution < 1.29 is 45.4 Å². The second-order valence-electron chi connectivity index (χ2n) is 7.77. The Labute approximate surface area is 177 Å². The summed E-state index contributed by atoms with van der Waals surface area (Å²) in [6.45, 7) is 0. The first-order valence-corrected chi connectivity index (χ1v) is 9.55. The molecule has 2 N–H and O–H groups in total. The predicted octanol–water partition coefficient (Wildman–Crippen LogP) is 4.73. The van der Waals surface area contributed by atoms with Crippen LogP contribution >= 0.6 is 0 Å². The van der Waals surface area contributed by atoms with E-state index in [-0.39, 0.29) is 12.0 Å². The Kier molecular flexibility index (Phi) is 5.44. The van der Waals surface area contributed by atoms with Gasteiger partial charge in [-0.15, -0.1) is 0 Å². The van der Waals surface area contributed by atoms with E-state index in [9.17, 15) is 40.6 Å². The number of anilines is 1. The minimum absolute atomic E-state index is 0.0172. The maximum absolute atomic E-state index is 14.3. The lowest BCUT2D eigenvalue weighted by Crippen LogP contribution is -2.41. The molecule has 2 bridgehead atoms. The molecule has 172 valence electrons. The fraction of sp³-hybridized carbons (Fsp3) is 0.381. The van der Waals surface area contributed by atoms with Gasteiger partial charge in [0, 0.05) is 12.3 Å². The highest BCUT2D eigenvalue weighted by molar-refractivity contribution is 5.94. The van der Waals surface area contributed by atoms with Crippen LogP contribution in [-0.4, -0.2) is 29.3 Å². The van der Waals surface area contributed by atoms with Crippen molar-refractivity contribution in [2.24, 2.45) is 5.92 Å². The fourth-order valence-corrected chi connectivity index (χ4v) is 4.43. The highest BCUT2D eigenvalue weighted by atomic mass is 19.4. The molecule has 0 spiro atoms. The first kappa shape index (κ1) is 22.5. The lowest BCUT2D eigenvalue weighted by molar-refractivity contribution is -0.140. The quantitative estimate of drug-likeness (QED) is 0.647. The third-order valence-electron chi connectivity index (χ3n) is 5.79. The van der Waals surface area contributed by atoms with Crippen LogP contribution in [0.3, 0.4) is 0 Å². The standard InChI is InChI=1S/C21H16F7NO3/c22-17-11(21(26,27)28)5-2-6-12(17)29-19(31)16-14-8-13(30)18(32-14)15(16)9-3-1-4-10(7-9)20(23,24)25/h1-7,13-16,18,30H,8H2,(H,29,31)/t13-,14+,15+,16-,18-/m0/s1. The Morgan fingerprint density at radius 3 is 2.38 bits per heavy atom. The number of nitrogens with one attached hydrogen (secondary N) is 1. The average Bonchev–Trinajstić information content (AvgIpc) is 3.25. The molecule has 5 atom stereocenters. The van der Waals surface area contributed by atoms with Crippen LogP contribution in [0.25, 0.3) is 0 Å². The van der Waals surface area contributed by atoms with Crippen molar-refractivity contribution in [2.45, 2.75) is 43.0 Å². The molecule has 11 heteroatoms. The largest absolute Gasteiger partial charge is 0.419 e. The molecule has 4 nitrogen and oxygen atoms in total. The van der Waals surface area contributed by atoms with Crippen LogP contribution in [0.1, 0.15) is 29.0 Å². The van der Waals surface area contributed by atoms with Crippen molar-refractivity contribution in [3.05, 3.63) is 65.0 Å². The van der Waals surface area contributed by atoms with E-state index in [0.29, 0.717) is 6.07 Å². The molecule has 32 heavy (non-hydrogen) atoms. The number of amides is 1. The van der Waals surface area contributed by atoms with E-state index in [4.69, 9.17) is 4.74 Å². The third kappa shape index (κ3) is 3.95. The first-order valence-electron chi connectivity index (χ1n) is 9.55. The Morgan fingerprint density at radius 2 is 1.72 bits per heavy atom. The molecule has 2 fully saturated rings. The number of benzene rings is 2. The van der Waals surface area contributed by atoms with Gasteiger partial charge in [-0.25, -0.2) is 4.39 Å². The molecule has 0 unspecified atom stereocenters. The molecule has 2 saturated heterocycles. The zero-order valence-electron chi connectivity index (χ0n) is 16.0. The van der Waals surface area contributed by atoms with Crippen molar-refractivity contribution in [1.82, 2.24) is 0 Å². The van der Waals surface area contributed by atoms with Gasteiger partial charge in [-0.3, -0.25) is 4.79 Å². The molecule has 2 aromatic carbocycles. The minimum Gasteiger partial charge on any atom is -0.390 e. The molecule has 0 aliphatic carbocycles. The Bertz CT molecular complexity index is 1040. The lowest BCUT2D eigenvalue weighted by atomic mass is 9.73.